The first-order valence-corrected chi connectivity index (χ1v) is 5.19. The largest absolute Gasteiger partial charge is 0.374 e. The first kappa shape index (κ1) is 7.37. The van der Waals surface area contributed by atoms with E-state index in [4.69, 9.17) is 4.74 Å². The predicted octanol–water partition coefficient (Wildman–Crippen LogP) is 2.46. The smallest absolute Gasteiger partial charge is 0.0739 e. The second-order valence-corrected chi connectivity index (χ2v) is 5.67. The highest BCUT2D eigenvalue weighted by atomic mass is 16.5. The number of fused-ring (bicyclic) bond motifs is 1. The molecule has 68 valence electrons. The quantitative estimate of drug-likeness (QED) is 0.537. The third-order valence-corrected chi connectivity index (χ3v) is 5.30. The van der Waals surface area contributed by atoms with Crippen LogP contribution in [0.2, 0.25) is 0 Å². The zero-order valence-corrected chi connectivity index (χ0v) is 8.26. The summed E-state index contributed by atoms with van der Waals surface area (Å²) in [7, 11) is 0. The molecular weight excluding hydrogens is 148 g/mol. The van der Waals surface area contributed by atoms with Crippen LogP contribution < -0.4 is 0 Å². The van der Waals surface area contributed by atoms with Gasteiger partial charge in [-0.1, -0.05) is 13.8 Å². The standard InChI is InChI=1S/C11H18O/c1-10(2)8-4-7-6-12-11(10,3)9(7)5-8/h7-9H,4-6H2,1-3H3. The summed E-state index contributed by atoms with van der Waals surface area (Å²) in [4.78, 5) is 0. The van der Waals surface area contributed by atoms with Crippen molar-refractivity contribution < 1.29 is 4.74 Å². The molecule has 1 nitrogen and oxygen atoms in total. The van der Waals surface area contributed by atoms with Crippen LogP contribution >= 0.6 is 0 Å². The van der Waals surface area contributed by atoms with Gasteiger partial charge in [-0.25, -0.2) is 0 Å². The summed E-state index contributed by atoms with van der Waals surface area (Å²) in [6.07, 6.45) is 2.88. The molecular formula is C11H18O. The average molecular weight is 166 g/mol. The maximum Gasteiger partial charge on any atom is 0.0739 e. The molecule has 1 aliphatic heterocycles. The third kappa shape index (κ3) is 0.527. The van der Waals surface area contributed by atoms with Gasteiger partial charge in [-0.15, -0.1) is 0 Å². The van der Waals surface area contributed by atoms with Gasteiger partial charge in [0.1, 0.15) is 0 Å². The van der Waals surface area contributed by atoms with Crippen molar-refractivity contribution in [3.63, 3.8) is 0 Å². The summed E-state index contributed by atoms with van der Waals surface area (Å²) in [6, 6.07) is 0. The van der Waals surface area contributed by atoms with Crippen LogP contribution in [0.25, 0.3) is 0 Å². The van der Waals surface area contributed by atoms with E-state index in [1.54, 1.807) is 0 Å². The van der Waals surface area contributed by atoms with E-state index in [2.05, 4.69) is 20.8 Å². The van der Waals surface area contributed by atoms with Crippen molar-refractivity contribution in [3.05, 3.63) is 0 Å². The SMILES string of the molecule is CC1(C)C2CC3COC1(C)C3C2. The van der Waals surface area contributed by atoms with E-state index in [9.17, 15) is 0 Å². The summed E-state index contributed by atoms with van der Waals surface area (Å²) >= 11 is 0. The Labute approximate surface area is 74.5 Å². The Balaban J connectivity index is 2.12. The highest BCUT2D eigenvalue weighted by Gasteiger charge is 2.67. The van der Waals surface area contributed by atoms with Crippen LogP contribution in [0, 0.1) is 23.2 Å². The molecule has 2 saturated carbocycles. The first-order valence-electron chi connectivity index (χ1n) is 5.19. The van der Waals surface area contributed by atoms with Crippen LogP contribution in [-0.4, -0.2) is 12.2 Å². The van der Waals surface area contributed by atoms with Crippen molar-refractivity contribution in [1.82, 2.24) is 0 Å². The Kier molecular flexibility index (Phi) is 1.07. The molecule has 2 aliphatic carbocycles. The fourth-order valence-electron chi connectivity index (χ4n) is 4.03. The minimum atomic E-state index is 0.223. The van der Waals surface area contributed by atoms with E-state index in [1.165, 1.54) is 12.8 Å². The molecule has 0 aromatic rings. The molecule has 3 rings (SSSR count). The van der Waals surface area contributed by atoms with Gasteiger partial charge in [0.2, 0.25) is 0 Å². The summed E-state index contributed by atoms with van der Waals surface area (Å²) < 4.78 is 6.03. The molecule has 12 heavy (non-hydrogen) atoms. The van der Waals surface area contributed by atoms with Gasteiger partial charge in [0, 0.05) is 0 Å². The van der Waals surface area contributed by atoms with Crippen LogP contribution in [0.5, 0.6) is 0 Å². The molecule has 4 unspecified atom stereocenters. The lowest BCUT2D eigenvalue weighted by molar-refractivity contribution is -0.0802. The Morgan fingerprint density at radius 2 is 1.92 bits per heavy atom. The minimum absolute atomic E-state index is 0.223. The minimum Gasteiger partial charge on any atom is -0.374 e. The van der Waals surface area contributed by atoms with Gasteiger partial charge < -0.3 is 4.74 Å². The second kappa shape index (κ2) is 1.75. The second-order valence-electron chi connectivity index (χ2n) is 5.67. The summed E-state index contributed by atoms with van der Waals surface area (Å²) in [5, 5.41) is 0. The molecule has 4 atom stereocenters. The molecule has 2 bridgehead atoms. The van der Waals surface area contributed by atoms with Crippen LogP contribution in [0.3, 0.4) is 0 Å². The van der Waals surface area contributed by atoms with Crippen molar-refractivity contribution >= 4 is 0 Å². The van der Waals surface area contributed by atoms with Gasteiger partial charge in [-0.2, -0.15) is 0 Å². The van der Waals surface area contributed by atoms with Gasteiger partial charge in [0.05, 0.1) is 12.2 Å². The molecule has 0 amide bonds. The number of ether oxygens (including phenoxy) is 1. The van der Waals surface area contributed by atoms with Crippen molar-refractivity contribution in [2.45, 2.75) is 39.2 Å². The van der Waals surface area contributed by atoms with E-state index >= 15 is 0 Å². The third-order valence-electron chi connectivity index (χ3n) is 5.30. The maximum absolute atomic E-state index is 6.03. The van der Waals surface area contributed by atoms with Gasteiger partial charge >= 0.3 is 0 Å². The van der Waals surface area contributed by atoms with Crippen molar-refractivity contribution in [1.29, 1.82) is 0 Å². The molecule has 1 heteroatoms. The van der Waals surface area contributed by atoms with Gasteiger partial charge in [0.25, 0.3) is 0 Å². The van der Waals surface area contributed by atoms with Crippen molar-refractivity contribution in [3.8, 4) is 0 Å². The van der Waals surface area contributed by atoms with Crippen LogP contribution in [0.4, 0.5) is 0 Å². The van der Waals surface area contributed by atoms with Crippen molar-refractivity contribution in [2.75, 3.05) is 6.61 Å². The van der Waals surface area contributed by atoms with Crippen LogP contribution in [0.15, 0.2) is 0 Å². The van der Waals surface area contributed by atoms with E-state index in [1.807, 2.05) is 0 Å². The molecule has 1 saturated heterocycles. The van der Waals surface area contributed by atoms with Crippen LogP contribution in [0.1, 0.15) is 33.6 Å². The molecule has 0 N–H and O–H groups in total. The lowest BCUT2D eigenvalue weighted by atomic mass is 9.65. The van der Waals surface area contributed by atoms with Crippen molar-refractivity contribution in [2.24, 2.45) is 23.2 Å². The molecule has 0 radical (unpaired) electrons. The first-order chi connectivity index (χ1) is 5.56. The number of rotatable bonds is 0. The Hall–Kier alpha value is -0.0400. The lowest BCUT2D eigenvalue weighted by Crippen LogP contribution is -2.45. The van der Waals surface area contributed by atoms with E-state index in [-0.39, 0.29) is 5.60 Å². The number of hydrogen-bond donors (Lipinski definition) is 0. The normalized spacial score (nSPS) is 59.8. The molecule has 3 aliphatic rings. The Morgan fingerprint density at radius 1 is 1.17 bits per heavy atom. The highest BCUT2D eigenvalue weighted by Crippen LogP contribution is 2.68. The van der Waals surface area contributed by atoms with Gasteiger partial charge in [-0.05, 0) is 42.9 Å². The van der Waals surface area contributed by atoms with Gasteiger partial charge in [0.15, 0.2) is 0 Å². The number of hydrogen-bond acceptors (Lipinski definition) is 1. The highest BCUT2D eigenvalue weighted by molar-refractivity contribution is 5.16. The molecule has 3 fully saturated rings. The van der Waals surface area contributed by atoms with E-state index in [0.717, 1.165) is 24.4 Å². The van der Waals surface area contributed by atoms with E-state index in [0.29, 0.717) is 5.41 Å². The summed E-state index contributed by atoms with van der Waals surface area (Å²) in [6.45, 7) is 8.19. The van der Waals surface area contributed by atoms with Gasteiger partial charge in [-0.3, -0.25) is 0 Å². The Morgan fingerprint density at radius 3 is 2.50 bits per heavy atom. The average Bonchev–Trinajstić information content (AvgIpc) is 2.53. The molecule has 0 spiro atoms. The van der Waals surface area contributed by atoms with E-state index < -0.39 is 0 Å². The molecule has 1 heterocycles. The maximum atomic E-state index is 6.03. The fraction of sp³-hybridized carbons (Fsp3) is 1.00. The molecule has 0 aromatic carbocycles. The summed E-state index contributed by atoms with van der Waals surface area (Å²) in [5.41, 5.74) is 0.658. The van der Waals surface area contributed by atoms with Crippen LogP contribution in [-0.2, 0) is 4.74 Å². The lowest BCUT2D eigenvalue weighted by Gasteiger charge is -2.43. The molecule has 0 aromatic heterocycles. The Bertz CT molecular complexity index is 233. The summed E-state index contributed by atoms with van der Waals surface area (Å²) in [5.74, 6) is 2.74. The fourth-order valence-corrected chi connectivity index (χ4v) is 4.03. The zero-order valence-electron chi connectivity index (χ0n) is 8.26. The zero-order chi connectivity index (χ0) is 8.56. The monoisotopic (exact) mass is 166 g/mol. The predicted molar refractivity (Wildman–Crippen MR) is 47.8 cm³/mol. The topological polar surface area (TPSA) is 9.23 Å².